The van der Waals surface area contributed by atoms with E-state index in [1.54, 1.807) is 11.7 Å². The number of hydrogen-bond donors (Lipinski definition) is 1. The van der Waals surface area contributed by atoms with Crippen LogP contribution < -0.4 is 5.73 Å². The molecule has 2 N–H and O–H groups in total. The van der Waals surface area contributed by atoms with Crippen LogP contribution in [0.5, 0.6) is 0 Å². The quantitative estimate of drug-likeness (QED) is 0.786. The van der Waals surface area contributed by atoms with Crippen LogP contribution in [0.25, 0.3) is 0 Å². The van der Waals surface area contributed by atoms with Gasteiger partial charge in [0.05, 0.1) is 17.9 Å². The number of terminal acetylenes is 1. The summed E-state index contributed by atoms with van der Waals surface area (Å²) in [6.07, 6.45) is 6.03. The first-order chi connectivity index (χ1) is 9.58. The zero-order chi connectivity index (χ0) is 14.7. The number of hydrogen-bond acceptors (Lipinski definition) is 4. The molecule has 0 saturated carbocycles. The Hall–Kier alpha value is -2.00. The number of amides is 1. The number of piperazine rings is 1. The van der Waals surface area contributed by atoms with E-state index in [9.17, 15) is 4.79 Å². The van der Waals surface area contributed by atoms with Crippen LogP contribution in [0.15, 0.2) is 0 Å². The Bertz CT molecular complexity index is 534. The first kappa shape index (κ1) is 14.4. The molecule has 20 heavy (non-hydrogen) atoms. The molecule has 0 aromatic carbocycles. The second kappa shape index (κ2) is 5.97. The number of anilines is 1. The number of carbonyl (C=O) groups excluding carboxylic acids is 1. The summed E-state index contributed by atoms with van der Waals surface area (Å²) in [5.74, 6) is 2.59. The maximum Gasteiger partial charge on any atom is 0.274 e. The van der Waals surface area contributed by atoms with Crippen molar-refractivity contribution in [2.45, 2.75) is 13.3 Å². The summed E-state index contributed by atoms with van der Waals surface area (Å²) in [4.78, 5) is 16.5. The summed E-state index contributed by atoms with van der Waals surface area (Å²) < 4.78 is 1.59. The Morgan fingerprint density at radius 1 is 1.40 bits per heavy atom. The van der Waals surface area contributed by atoms with Gasteiger partial charge >= 0.3 is 0 Å². The Kier molecular flexibility index (Phi) is 4.30. The third-order valence-electron chi connectivity index (χ3n) is 3.67. The summed E-state index contributed by atoms with van der Waals surface area (Å²) in [7, 11) is 1.76. The monoisotopic (exact) mass is 275 g/mol. The van der Waals surface area contributed by atoms with E-state index in [1.807, 2.05) is 11.8 Å². The molecule has 0 spiro atoms. The molecule has 0 atom stereocenters. The zero-order valence-corrected chi connectivity index (χ0v) is 12.1. The standard InChI is InChI=1S/C14H21N5O/c1-4-6-18-7-9-19(10-8-18)14(20)13-12(15)11(5-2)16-17(13)3/h1H,5-10,15H2,2-3H3. The lowest BCUT2D eigenvalue weighted by molar-refractivity contribution is 0.0642. The average Bonchev–Trinajstić information content (AvgIpc) is 2.74. The van der Waals surface area contributed by atoms with E-state index in [0.717, 1.165) is 25.2 Å². The molecule has 0 aliphatic carbocycles. The van der Waals surface area contributed by atoms with Gasteiger partial charge in [0.1, 0.15) is 5.69 Å². The molecule has 0 bridgehead atoms. The molecule has 2 heterocycles. The van der Waals surface area contributed by atoms with Crippen molar-refractivity contribution in [3.63, 3.8) is 0 Å². The molecular weight excluding hydrogens is 254 g/mol. The number of aryl methyl sites for hydroxylation is 2. The van der Waals surface area contributed by atoms with Crippen molar-refractivity contribution in [3.05, 3.63) is 11.4 Å². The molecule has 0 radical (unpaired) electrons. The van der Waals surface area contributed by atoms with Crippen molar-refractivity contribution >= 4 is 11.6 Å². The van der Waals surface area contributed by atoms with Crippen molar-refractivity contribution in [1.29, 1.82) is 0 Å². The fraction of sp³-hybridized carbons (Fsp3) is 0.571. The fourth-order valence-electron chi connectivity index (χ4n) is 2.50. The number of aromatic nitrogens is 2. The minimum absolute atomic E-state index is 0.0439. The molecule has 108 valence electrons. The van der Waals surface area contributed by atoms with Crippen LogP contribution in [0, 0.1) is 12.3 Å². The first-order valence-corrected chi connectivity index (χ1v) is 6.84. The topological polar surface area (TPSA) is 67.4 Å². The lowest BCUT2D eigenvalue weighted by Gasteiger charge is -2.33. The average molecular weight is 275 g/mol. The molecule has 1 aromatic heterocycles. The van der Waals surface area contributed by atoms with Gasteiger partial charge in [-0.15, -0.1) is 6.42 Å². The van der Waals surface area contributed by atoms with Gasteiger partial charge in [0, 0.05) is 33.2 Å². The van der Waals surface area contributed by atoms with Gasteiger partial charge in [0.15, 0.2) is 0 Å². The number of carbonyl (C=O) groups is 1. The summed E-state index contributed by atoms with van der Waals surface area (Å²) >= 11 is 0. The second-order valence-corrected chi connectivity index (χ2v) is 4.96. The Balaban J connectivity index is 2.10. The van der Waals surface area contributed by atoms with Crippen LogP contribution in [0.4, 0.5) is 5.69 Å². The van der Waals surface area contributed by atoms with Crippen molar-refractivity contribution in [2.24, 2.45) is 7.05 Å². The third kappa shape index (κ3) is 2.63. The number of nitrogens with two attached hydrogens (primary N) is 1. The van der Waals surface area contributed by atoms with E-state index < -0.39 is 0 Å². The summed E-state index contributed by atoms with van der Waals surface area (Å²) in [6, 6.07) is 0. The molecular formula is C14H21N5O. The molecule has 1 aromatic rings. The van der Waals surface area contributed by atoms with E-state index >= 15 is 0 Å². The van der Waals surface area contributed by atoms with Gasteiger partial charge in [-0.05, 0) is 6.42 Å². The zero-order valence-electron chi connectivity index (χ0n) is 12.1. The van der Waals surface area contributed by atoms with Crippen LogP contribution in [0.2, 0.25) is 0 Å². The van der Waals surface area contributed by atoms with E-state index in [0.29, 0.717) is 31.0 Å². The van der Waals surface area contributed by atoms with Crippen molar-refractivity contribution < 1.29 is 4.79 Å². The van der Waals surface area contributed by atoms with Crippen molar-refractivity contribution in [1.82, 2.24) is 19.6 Å². The minimum atomic E-state index is -0.0439. The van der Waals surface area contributed by atoms with Crippen LogP contribution >= 0.6 is 0 Å². The Labute approximate surface area is 119 Å². The van der Waals surface area contributed by atoms with Crippen molar-refractivity contribution in [3.8, 4) is 12.3 Å². The van der Waals surface area contributed by atoms with E-state index in [2.05, 4.69) is 15.9 Å². The molecule has 1 aliphatic heterocycles. The summed E-state index contributed by atoms with van der Waals surface area (Å²) in [5.41, 5.74) is 7.81. The molecule has 6 nitrogen and oxygen atoms in total. The van der Waals surface area contributed by atoms with Crippen LogP contribution in [0.1, 0.15) is 23.1 Å². The molecule has 0 unspecified atom stereocenters. The number of rotatable bonds is 3. The highest BCUT2D eigenvalue weighted by molar-refractivity contribution is 5.98. The first-order valence-electron chi connectivity index (χ1n) is 6.84. The predicted octanol–water partition coefficient (Wildman–Crippen LogP) is -0.0443. The van der Waals surface area contributed by atoms with Crippen LogP contribution in [-0.2, 0) is 13.5 Å². The Morgan fingerprint density at radius 3 is 2.55 bits per heavy atom. The van der Waals surface area contributed by atoms with Gasteiger partial charge in [-0.2, -0.15) is 5.10 Å². The third-order valence-corrected chi connectivity index (χ3v) is 3.67. The van der Waals surface area contributed by atoms with E-state index in [4.69, 9.17) is 12.2 Å². The molecule has 1 saturated heterocycles. The normalized spacial score (nSPS) is 16.1. The second-order valence-electron chi connectivity index (χ2n) is 4.96. The molecule has 2 rings (SSSR count). The largest absolute Gasteiger partial charge is 0.395 e. The molecule has 1 fully saturated rings. The molecule has 1 aliphatic rings. The minimum Gasteiger partial charge on any atom is -0.395 e. The van der Waals surface area contributed by atoms with Crippen LogP contribution in [0.3, 0.4) is 0 Å². The number of nitrogens with zero attached hydrogens (tertiary/aromatic N) is 4. The van der Waals surface area contributed by atoms with Gasteiger partial charge in [-0.1, -0.05) is 12.8 Å². The fourth-order valence-corrected chi connectivity index (χ4v) is 2.50. The Morgan fingerprint density at radius 2 is 2.05 bits per heavy atom. The maximum absolute atomic E-state index is 12.6. The summed E-state index contributed by atoms with van der Waals surface area (Å²) in [5, 5.41) is 4.30. The SMILES string of the molecule is C#CCN1CCN(C(=O)c2c(N)c(CC)nn2C)CC1. The van der Waals surface area contributed by atoms with E-state index in [-0.39, 0.29) is 5.91 Å². The highest BCUT2D eigenvalue weighted by atomic mass is 16.2. The van der Waals surface area contributed by atoms with Gasteiger partial charge in [-0.3, -0.25) is 14.4 Å². The molecule has 1 amide bonds. The lowest BCUT2D eigenvalue weighted by atomic mass is 10.2. The summed E-state index contributed by atoms with van der Waals surface area (Å²) in [6.45, 7) is 5.56. The van der Waals surface area contributed by atoms with Crippen molar-refractivity contribution in [2.75, 3.05) is 38.5 Å². The molecule has 6 heteroatoms. The highest BCUT2D eigenvalue weighted by Gasteiger charge is 2.26. The lowest BCUT2D eigenvalue weighted by Crippen LogP contribution is -2.49. The van der Waals surface area contributed by atoms with Crippen LogP contribution in [-0.4, -0.2) is 58.2 Å². The van der Waals surface area contributed by atoms with E-state index in [1.165, 1.54) is 0 Å². The van der Waals surface area contributed by atoms with Gasteiger partial charge in [0.25, 0.3) is 5.91 Å². The van der Waals surface area contributed by atoms with Gasteiger partial charge < -0.3 is 10.6 Å². The van der Waals surface area contributed by atoms with Gasteiger partial charge in [0.2, 0.25) is 0 Å². The number of nitrogen functional groups attached to an aromatic ring is 1. The smallest absolute Gasteiger partial charge is 0.274 e. The van der Waals surface area contributed by atoms with Gasteiger partial charge in [-0.25, -0.2) is 0 Å². The maximum atomic E-state index is 12.6. The highest BCUT2D eigenvalue weighted by Crippen LogP contribution is 2.19. The predicted molar refractivity (Wildman–Crippen MR) is 78.2 cm³/mol.